The van der Waals surface area contributed by atoms with Crippen LogP contribution >= 0.6 is 0 Å². The van der Waals surface area contributed by atoms with Crippen LogP contribution in [0.3, 0.4) is 0 Å². The summed E-state index contributed by atoms with van der Waals surface area (Å²) >= 11 is 0. The summed E-state index contributed by atoms with van der Waals surface area (Å²) in [6.45, 7) is 1.61. The summed E-state index contributed by atoms with van der Waals surface area (Å²) in [5, 5.41) is 19.3. The minimum atomic E-state index is -1.11. The van der Waals surface area contributed by atoms with Crippen molar-refractivity contribution in [3.8, 4) is 0 Å². The Kier molecular flexibility index (Phi) is 12.6. The van der Waals surface area contributed by atoms with Gasteiger partial charge in [-0.15, -0.1) is 0 Å². The van der Waals surface area contributed by atoms with Gasteiger partial charge in [0.25, 0.3) is 0 Å². The van der Waals surface area contributed by atoms with E-state index in [1.165, 1.54) is 14.2 Å². The molecule has 0 aliphatic carbocycles. The molecule has 2 radical (unpaired) electrons. The Hall–Kier alpha value is 2.19. The number of esters is 1. The van der Waals surface area contributed by atoms with Crippen molar-refractivity contribution in [3.63, 3.8) is 0 Å². The van der Waals surface area contributed by atoms with E-state index in [0.717, 1.165) is 0 Å². The summed E-state index contributed by atoms with van der Waals surface area (Å²) in [7, 11) is 2.56. The SMILES string of the molecule is COC(=O)C1OC(OC)C(O)C(C)C1O.[Ac].[Ac]. The molecule has 8 heteroatoms. The molecule has 5 atom stereocenters. The molecule has 0 bridgehead atoms. The predicted octanol–water partition coefficient (Wildman–Crippen LogP) is -1.11. The molecule has 1 aliphatic heterocycles. The molecule has 17 heavy (non-hydrogen) atoms. The van der Waals surface area contributed by atoms with Crippen LogP contribution in [0.4, 0.5) is 0 Å². The summed E-state index contributed by atoms with van der Waals surface area (Å²) < 4.78 is 14.4. The maximum absolute atomic E-state index is 11.2. The molecule has 1 heterocycles. The van der Waals surface area contributed by atoms with Gasteiger partial charge in [-0.25, -0.2) is 4.79 Å². The van der Waals surface area contributed by atoms with Gasteiger partial charge in [-0.1, -0.05) is 6.92 Å². The number of carbonyl (C=O) groups is 1. The van der Waals surface area contributed by atoms with Gasteiger partial charge in [-0.3, -0.25) is 0 Å². The smallest absolute Gasteiger partial charge is 0.337 e. The Morgan fingerprint density at radius 1 is 1.18 bits per heavy atom. The fraction of sp³-hybridized carbons (Fsp3) is 0.889. The van der Waals surface area contributed by atoms with E-state index >= 15 is 0 Å². The first-order chi connectivity index (χ1) is 7.02. The number of methoxy groups -OCH3 is 2. The number of aliphatic hydroxyl groups is 2. The maximum Gasteiger partial charge on any atom is 0.337 e. The van der Waals surface area contributed by atoms with Crippen LogP contribution in [0.5, 0.6) is 0 Å². The summed E-state index contributed by atoms with van der Waals surface area (Å²) in [6.07, 6.45) is -4.10. The third-order valence-corrected chi connectivity index (χ3v) is 2.61. The fourth-order valence-corrected chi connectivity index (χ4v) is 1.54. The van der Waals surface area contributed by atoms with E-state index in [9.17, 15) is 15.0 Å². The summed E-state index contributed by atoms with van der Waals surface area (Å²) in [6, 6.07) is 0. The Labute approximate surface area is 172 Å². The Balaban J connectivity index is 0. The Morgan fingerprint density at radius 2 is 1.71 bits per heavy atom. The quantitative estimate of drug-likeness (QED) is 0.362. The second kappa shape index (κ2) is 10.00. The third kappa shape index (κ3) is 5.23. The molecule has 1 aliphatic rings. The number of hydrogen-bond acceptors (Lipinski definition) is 6. The summed E-state index contributed by atoms with van der Waals surface area (Å²) in [5.41, 5.74) is 0. The van der Waals surface area contributed by atoms with Crippen molar-refractivity contribution in [2.45, 2.75) is 31.5 Å². The number of aliphatic hydroxyl groups excluding tert-OH is 2. The monoisotopic (exact) mass is 674 g/mol. The third-order valence-electron chi connectivity index (χ3n) is 2.61. The van der Waals surface area contributed by atoms with Gasteiger partial charge >= 0.3 is 5.97 Å². The van der Waals surface area contributed by atoms with Crippen molar-refractivity contribution in [2.75, 3.05) is 14.2 Å². The largest absolute Gasteiger partial charge is 0.467 e. The zero-order chi connectivity index (χ0) is 11.6. The van der Waals surface area contributed by atoms with Gasteiger partial charge in [0.1, 0.15) is 6.10 Å². The molecule has 2 N–H and O–H groups in total. The van der Waals surface area contributed by atoms with Crippen molar-refractivity contribution in [3.05, 3.63) is 0 Å². The second-order valence-electron chi connectivity index (χ2n) is 3.52. The van der Waals surface area contributed by atoms with Gasteiger partial charge in [0.15, 0.2) is 12.4 Å². The molecule has 0 aromatic carbocycles. The van der Waals surface area contributed by atoms with E-state index < -0.39 is 36.5 Å². The molecule has 1 fully saturated rings. The van der Waals surface area contributed by atoms with Crippen LogP contribution in [0, 0.1) is 94.0 Å². The Bertz CT molecular complexity index is 238. The van der Waals surface area contributed by atoms with Gasteiger partial charge in [0, 0.05) is 101 Å². The van der Waals surface area contributed by atoms with Crippen LogP contribution in [-0.2, 0) is 19.0 Å². The topological polar surface area (TPSA) is 85.2 Å². The van der Waals surface area contributed by atoms with Crippen LogP contribution in [0.25, 0.3) is 0 Å². The van der Waals surface area contributed by atoms with Crippen LogP contribution in [0.1, 0.15) is 6.92 Å². The number of carbonyl (C=O) groups excluding carboxylic acids is 1. The van der Waals surface area contributed by atoms with Crippen LogP contribution in [0.15, 0.2) is 0 Å². The first-order valence-corrected chi connectivity index (χ1v) is 4.65. The zero-order valence-electron chi connectivity index (χ0n) is 10.1. The minimum Gasteiger partial charge on any atom is -0.467 e. The number of ether oxygens (including phenoxy) is 3. The fourth-order valence-electron chi connectivity index (χ4n) is 1.54. The van der Waals surface area contributed by atoms with Gasteiger partial charge in [-0.05, 0) is 0 Å². The Morgan fingerprint density at radius 3 is 2.12 bits per heavy atom. The first kappa shape index (κ1) is 21.5. The van der Waals surface area contributed by atoms with Gasteiger partial charge in [0.05, 0.1) is 13.2 Å². The number of rotatable bonds is 2. The maximum atomic E-state index is 11.2. The second-order valence-corrected chi connectivity index (χ2v) is 3.52. The van der Waals surface area contributed by atoms with Crippen LogP contribution < -0.4 is 0 Å². The summed E-state index contributed by atoms with van der Waals surface area (Å²) in [4.78, 5) is 11.2. The molecule has 0 spiro atoms. The van der Waals surface area contributed by atoms with E-state index in [1.807, 2.05) is 0 Å². The van der Waals surface area contributed by atoms with E-state index in [-0.39, 0.29) is 88.1 Å². The van der Waals surface area contributed by atoms with E-state index in [4.69, 9.17) is 9.47 Å². The molecule has 6 nitrogen and oxygen atoms in total. The van der Waals surface area contributed by atoms with Crippen molar-refractivity contribution in [2.24, 2.45) is 5.92 Å². The van der Waals surface area contributed by atoms with Crippen molar-refractivity contribution in [1.82, 2.24) is 0 Å². The predicted molar refractivity (Wildman–Crippen MR) is 48.9 cm³/mol. The molecule has 1 saturated heterocycles. The molecule has 0 saturated carbocycles. The van der Waals surface area contributed by atoms with E-state index in [1.54, 1.807) is 6.92 Å². The average molecular weight is 674 g/mol. The molecular weight excluding hydrogens is 658 g/mol. The van der Waals surface area contributed by atoms with Crippen molar-refractivity contribution >= 4 is 5.97 Å². The molecular formula is C9H16Ac2O6. The molecule has 0 aromatic heterocycles. The molecule has 94 valence electrons. The molecule has 1 rings (SSSR count). The van der Waals surface area contributed by atoms with E-state index in [2.05, 4.69) is 4.74 Å². The van der Waals surface area contributed by atoms with Gasteiger partial charge in [0.2, 0.25) is 0 Å². The average Bonchev–Trinajstić information content (AvgIpc) is 2.25. The van der Waals surface area contributed by atoms with E-state index in [0.29, 0.717) is 0 Å². The minimum absolute atomic E-state index is 0. The zero-order valence-corrected chi connectivity index (χ0v) is 19.6. The van der Waals surface area contributed by atoms with Gasteiger partial charge in [-0.2, -0.15) is 0 Å². The van der Waals surface area contributed by atoms with Crippen LogP contribution in [0.2, 0.25) is 0 Å². The summed E-state index contributed by atoms with van der Waals surface area (Å²) in [5.74, 6) is -1.20. The normalized spacial score (nSPS) is 36.4. The standard InChI is InChI=1S/C9H16O6.2Ac/c1-4-5(10)7(8(12)13-2)15-9(14-3)6(4)11;;/h4-7,9-11H,1-3H3;;. The molecule has 0 amide bonds. The molecule has 0 aromatic rings. The van der Waals surface area contributed by atoms with Gasteiger partial charge < -0.3 is 24.4 Å². The molecule has 5 unspecified atom stereocenters. The van der Waals surface area contributed by atoms with Crippen molar-refractivity contribution < 1.29 is 117 Å². The van der Waals surface area contributed by atoms with Crippen molar-refractivity contribution in [1.29, 1.82) is 0 Å². The first-order valence-electron chi connectivity index (χ1n) is 4.65. The van der Waals surface area contributed by atoms with Crippen LogP contribution in [-0.4, -0.2) is 55.0 Å². The number of hydrogen-bond donors (Lipinski definition) is 2.